The Labute approximate surface area is 92.3 Å². The highest BCUT2D eigenvalue weighted by molar-refractivity contribution is 7.90. The molecule has 1 heterocycles. The summed E-state index contributed by atoms with van der Waals surface area (Å²) in [6, 6.07) is 0. The van der Waals surface area contributed by atoms with Crippen LogP contribution >= 0.6 is 0 Å². The average Bonchev–Trinajstić information content (AvgIpc) is 2.98. The molecule has 1 aliphatic rings. The topological polar surface area (TPSA) is 97.2 Å². The monoisotopic (exact) mass is 242 g/mol. The smallest absolute Gasteiger partial charge is 0.339 e. The third-order valence-corrected chi connectivity index (χ3v) is 3.18. The maximum atomic E-state index is 11.2. The number of rotatable bonds is 3. The molecule has 1 aromatic heterocycles. The van der Waals surface area contributed by atoms with Gasteiger partial charge in [0, 0.05) is 18.4 Å². The lowest BCUT2D eigenvalue weighted by Gasteiger charge is -2.04. The SMILES string of the molecule is CS(=O)(=O)c1ncc(C(=O)O)c(C2CC2)n1. The largest absolute Gasteiger partial charge is 0.478 e. The normalized spacial score (nSPS) is 16.1. The molecule has 0 atom stereocenters. The fourth-order valence-corrected chi connectivity index (χ4v) is 1.90. The highest BCUT2D eigenvalue weighted by Crippen LogP contribution is 2.40. The van der Waals surface area contributed by atoms with Crippen LogP contribution in [0.1, 0.15) is 34.8 Å². The molecule has 0 bridgehead atoms. The van der Waals surface area contributed by atoms with Crippen LogP contribution in [-0.2, 0) is 9.84 Å². The van der Waals surface area contributed by atoms with Gasteiger partial charge in [-0.1, -0.05) is 0 Å². The Bertz CT molecular complexity index is 549. The predicted molar refractivity (Wildman–Crippen MR) is 54.1 cm³/mol. The summed E-state index contributed by atoms with van der Waals surface area (Å²) in [6.45, 7) is 0. The molecule has 1 fully saturated rings. The minimum atomic E-state index is -3.49. The number of carbonyl (C=O) groups is 1. The van der Waals surface area contributed by atoms with Gasteiger partial charge in [-0.25, -0.2) is 23.2 Å². The minimum absolute atomic E-state index is 0.00472. The molecule has 0 radical (unpaired) electrons. The number of nitrogens with zero attached hydrogens (tertiary/aromatic N) is 2. The van der Waals surface area contributed by atoms with Crippen LogP contribution in [0.3, 0.4) is 0 Å². The molecule has 0 aliphatic heterocycles. The predicted octanol–water partition coefficient (Wildman–Crippen LogP) is 0.456. The van der Waals surface area contributed by atoms with E-state index in [1.54, 1.807) is 0 Å². The molecule has 2 rings (SSSR count). The van der Waals surface area contributed by atoms with Gasteiger partial charge in [0.15, 0.2) is 0 Å². The van der Waals surface area contributed by atoms with Gasteiger partial charge in [0.2, 0.25) is 15.0 Å². The zero-order valence-electron chi connectivity index (χ0n) is 8.54. The van der Waals surface area contributed by atoms with Crippen molar-refractivity contribution in [1.29, 1.82) is 0 Å². The summed E-state index contributed by atoms with van der Waals surface area (Å²) in [5.74, 6) is -1.06. The molecule has 1 saturated carbocycles. The van der Waals surface area contributed by atoms with E-state index in [2.05, 4.69) is 9.97 Å². The van der Waals surface area contributed by atoms with Gasteiger partial charge in [-0.2, -0.15) is 0 Å². The van der Waals surface area contributed by atoms with Crippen LogP contribution in [0.25, 0.3) is 0 Å². The fourth-order valence-electron chi connectivity index (χ4n) is 1.39. The van der Waals surface area contributed by atoms with Crippen molar-refractivity contribution in [3.05, 3.63) is 17.5 Å². The number of sulfone groups is 1. The van der Waals surface area contributed by atoms with Crippen molar-refractivity contribution in [3.8, 4) is 0 Å². The first-order valence-corrected chi connectivity index (χ1v) is 6.59. The van der Waals surface area contributed by atoms with Gasteiger partial charge >= 0.3 is 5.97 Å². The van der Waals surface area contributed by atoms with E-state index < -0.39 is 15.8 Å². The number of carboxylic acids is 1. The molecular formula is C9H10N2O4S. The minimum Gasteiger partial charge on any atom is -0.478 e. The van der Waals surface area contributed by atoms with Crippen LogP contribution in [0, 0.1) is 0 Å². The second-order valence-electron chi connectivity index (χ2n) is 3.80. The lowest BCUT2D eigenvalue weighted by atomic mass is 10.1. The number of hydrogen-bond acceptors (Lipinski definition) is 5. The molecule has 0 amide bonds. The van der Waals surface area contributed by atoms with Crippen molar-refractivity contribution in [2.24, 2.45) is 0 Å². The molecule has 0 aromatic carbocycles. The van der Waals surface area contributed by atoms with E-state index >= 15 is 0 Å². The summed E-state index contributed by atoms with van der Waals surface area (Å²) in [4.78, 5) is 18.3. The van der Waals surface area contributed by atoms with Gasteiger partial charge in [-0.05, 0) is 12.8 Å². The molecule has 0 spiro atoms. The highest BCUT2D eigenvalue weighted by atomic mass is 32.2. The molecule has 0 unspecified atom stereocenters. The molecule has 86 valence electrons. The number of aromatic nitrogens is 2. The van der Waals surface area contributed by atoms with Gasteiger partial charge in [0.1, 0.15) is 0 Å². The van der Waals surface area contributed by atoms with E-state index in [1.807, 2.05) is 0 Å². The lowest BCUT2D eigenvalue weighted by molar-refractivity contribution is 0.0694. The Morgan fingerprint density at radius 3 is 2.56 bits per heavy atom. The van der Waals surface area contributed by atoms with Crippen LogP contribution in [0.4, 0.5) is 0 Å². The number of hydrogen-bond donors (Lipinski definition) is 1. The van der Waals surface area contributed by atoms with Crippen LogP contribution in [0.2, 0.25) is 0 Å². The average molecular weight is 242 g/mol. The molecule has 7 heteroatoms. The Balaban J connectivity index is 2.56. The third-order valence-electron chi connectivity index (χ3n) is 2.32. The first kappa shape index (κ1) is 11.0. The molecule has 0 saturated heterocycles. The summed E-state index contributed by atoms with van der Waals surface area (Å²) >= 11 is 0. The van der Waals surface area contributed by atoms with Crippen LogP contribution < -0.4 is 0 Å². The maximum absolute atomic E-state index is 11.2. The molecule has 16 heavy (non-hydrogen) atoms. The van der Waals surface area contributed by atoms with Crippen molar-refractivity contribution in [2.45, 2.75) is 23.9 Å². The summed E-state index contributed by atoms with van der Waals surface area (Å²) in [5.41, 5.74) is 0.331. The fraction of sp³-hybridized carbons (Fsp3) is 0.444. The first-order chi connectivity index (χ1) is 7.39. The van der Waals surface area contributed by atoms with Gasteiger partial charge in [0.25, 0.3) is 0 Å². The molecule has 1 N–H and O–H groups in total. The number of carboxylic acid groups (broad SMARTS) is 1. The van der Waals surface area contributed by atoms with Crippen LogP contribution in [-0.4, -0.2) is 35.7 Å². The van der Waals surface area contributed by atoms with E-state index in [1.165, 1.54) is 0 Å². The van der Waals surface area contributed by atoms with Gasteiger partial charge in [-0.3, -0.25) is 0 Å². The summed E-state index contributed by atoms with van der Waals surface area (Å²) in [6.07, 6.45) is 3.76. The molecule has 6 nitrogen and oxygen atoms in total. The van der Waals surface area contributed by atoms with E-state index in [-0.39, 0.29) is 16.6 Å². The van der Waals surface area contributed by atoms with E-state index in [0.29, 0.717) is 5.69 Å². The number of aromatic carboxylic acids is 1. The highest BCUT2D eigenvalue weighted by Gasteiger charge is 2.31. The summed E-state index contributed by atoms with van der Waals surface area (Å²) in [7, 11) is -3.49. The molecule has 1 aliphatic carbocycles. The van der Waals surface area contributed by atoms with Gasteiger partial charge < -0.3 is 5.11 Å². The van der Waals surface area contributed by atoms with E-state index in [4.69, 9.17) is 5.11 Å². The quantitative estimate of drug-likeness (QED) is 0.773. The van der Waals surface area contributed by atoms with Gasteiger partial charge in [-0.15, -0.1) is 0 Å². The van der Waals surface area contributed by atoms with Crippen LogP contribution in [0.5, 0.6) is 0 Å². The third kappa shape index (κ3) is 2.04. The Hall–Kier alpha value is -1.50. The van der Waals surface area contributed by atoms with Crippen molar-refractivity contribution < 1.29 is 18.3 Å². The summed E-state index contributed by atoms with van der Waals surface area (Å²) < 4.78 is 22.5. The molecular weight excluding hydrogens is 232 g/mol. The zero-order chi connectivity index (χ0) is 11.9. The van der Waals surface area contributed by atoms with Crippen LogP contribution in [0.15, 0.2) is 11.4 Å². The Kier molecular flexibility index (Phi) is 2.42. The second-order valence-corrected chi connectivity index (χ2v) is 5.71. The van der Waals surface area contributed by atoms with E-state index in [9.17, 15) is 13.2 Å². The standard InChI is InChI=1S/C9H10N2O4S/c1-16(14,15)9-10-4-6(8(12)13)7(11-9)5-2-3-5/h4-5H,2-3H2,1H3,(H,12,13). The second kappa shape index (κ2) is 3.51. The first-order valence-electron chi connectivity index (χ1n) is 4.70. The molecule has 1 aromatic rings. The Morgan fingerprint density at radius 2 is 2.12 bits per heavy atom. The van der Waals surface area contributed by atoms with Gasteiger partial charge in [0.05, 0.1) is 11.3 Å². The maximum Gasteiger partial charge on any atom is 0.339 e. The van der Waals surface area contributed by atoms with Crippen molar-refractivity contribution >= 4 is 15.8 Å². The zero-order valence-corrected chi connectivity index (χ0v) is 9.36. The van der Waals surface area contributed by atoms with Crippen molar-refractivity contribution in [2.75, 3.05) is 6.26 Å². The van der Waals surface area contributed by atoms with Crippen molar-refractivity contribution in [1.82, 2.24) is 9.97 Å². The van der Waals surface area contributed by atoms with Crippen molar-refractivity contribution in [3.63, 3.8) is 0 Å². The van der Waals surface area contributed by atoms with E-state index in [0.717, 1.165) is 25.3 Å². The lowest BCUT2D eigenvalue weighted by Crippen LogP contribution is -2.11. The Morgan fingerprint density at radius 1 is 1.50 bits per heavy atom. The summed E-state index contributed by atoms with van der Waals surface area (Å²) in [5, 5.41) is 8.60.